The number of rotatable bonds is 1. The molecule has 1 saturated carbocycles. The van der Waals surface area contributed by atoms with E-state index in [1.165, 1.54) is 0 Å². The topological polar surface area (TPSA) is 17.1 Å². The molecule has 18 heavy (non-hydrogen) atoms. The Hall–Kier alpha value is -1.08. The van der Waals surface area contributed by atoms with E-state index in [4.69, 9.17) is 11.6 Å². The molecule has 0 N–H and O–H groups in total. The fourth-order valence-corrected chi connectivity index (χ4v) is 2.57. The van der Waals surface area contributed by atoms with Crippen molar-refractivity contribution < 1.29 is 4.79 Å². The highest BCUT2D eigenvalue weighted by Gasteiger charge is 2.31. The van der Waals surface area contributed by atoms with E-state index in [0.29, 0.717) is 5.78 Å². The Labute approximate surface area is 114 Å². The summed E-state index contributed by atoms with van der Waals surface area (Å²) in [5, 5.41) is 0.727. The van der Waals surface area contributed by atoms with Gasteiger partial charge < -0.3 is 0 Å². The number of halogens is 1. The molecule has 1 aromatic rings. The van der Waals surface area contributed by atoms with Gasteiger partial charge in [-0.25, -0.2) is 0 Å². The molecule has 0 aliphatic heterocycles. The second kappa shape index (κ2) is 5.27. The first-order valence-electron chi connectivity index (χ1n) is 6.50. The van der Waals surface area contributed by atoms with E-state index < -0.39 is 0 Å². The maximum Gasteiger partial charge on any atom is 0.164 e. The standard InChI is InChI=1S/C16H19ClO/c1-16(2)10-4-3-5-13(15(16)18)11-12-6-8-14(17)9-7-12/h6-9,11H,3-5,10H2,1-2H3/b13-11+. The van der Waals surface area contributed by atoms with Crippen molar-refractivity contribution in [2.75, 3.05) is 0 Å². The van der Waals surface area contributed by atoms with Crippen LogP contribution in [0.3, 0.4) is 0 Å². The zero-order valence-electron chi connectivity index (χ0n) is 11.0. The summed E-state index contributed by atoms with van der Waals surface area (Å²) < 4.78 is 0. The van der Waals surface area contributed by atoms with Gasteiger partial charge in [0.1, 0.15) is 0 Å². The zero-order valence-corrected chi connectivity index (χ0v) is 11.8. The summed E-state index contributed by atoms with van der Waals surface area (Å²) in [7, 11) is 0. The van der Waals surface area contributed by atoms with Crippen LogP contribution in [-0.4, -0.2) is 5.78 Å². The Morgan fingerprint density at radius 3 is 2.50 bits per heavy atom. The van der Waals surface area contributed by atoms with Gasteiger partial charge in [-0.1, -0.05) is 44.0 Å². The summed E-state index contributed by atoms with van der Waals surface area (Å²) in [4.78, 5) is 12.4. The minimum atomic E-state index is -0.214. The van der Waals surface area contributed by atoms with E-state index in [1.807, 2.05) is 30.3 Å². The highest BCUT2D eigenvalue weighted by molar-refractivity contribution is 6.30. The van der Waals surface area contributed by atoms with E-state index in [1.54, 1.807) is 0 Å². The smallest absolute Gasteiger partial charge is 0.164 e. The zero-order chi connectivity index (χ0) is 13.2. The van der Waals surface area contributed by atoms with Crippen LogP contribution in [-0.2, 0) is 4.79 Å². The number of carbonyl (C=O) groups excluding carboxylic acids is 1. The molecule has 0 unspecified atom stereocenters. The monoisotopic (exact) mass is 262 g/mol. The van der Waals surface area contributed by atoms with Gasteiger partial charge in [0.15, 0.2) is 5.78 Å². The quantitative estimate of drug-likeness (QED) is 0.520. The lowest BCUT2D eigenvalue weighted by Crippen LogP contribution is -2.23. The number of hydrogen-bond acceptors (Lipinski definition) is 1. The minimum Gasteiger partial charge on any atom is -0.294 e. The lowest BCUT2D eigenvalue weighted by atomic mass is 9.82. The molecule has 0 spiro atoms. The SMILES string of the molecule is CC1(C)CCCC/C(=C\c2ccc(Cl)cc2)C1=O. The van der Waals surface area contributed by atoms with Gasteiger partial charge in [0, 0.05) is 10.4 Å². The number of ketones is 1. The Morgan fingerprint density at radius 1 is 1.17 bits per heavy atom. The second-order valence-electron chi connectivity index (χ2n) is 5.64. The second-order valence-corrected chi connectivity index (χ2v) is 6.08. The molecule has 1 nitrogen and oxygen atoms in total. The molecular formula is C16H19ClO. The Morgan fingerprint density at radius 2 is 1.83 bits per heavy atom. The van der Waals surface area contributed by atoms with Crippen LogP contribution in [0.1, 0.15) is 45.1 Å². The van der Waals surface area contributed by atoms with Gasteiger partial charge in [-0.2, -0.15) is 0 Å². The summed E-state index contributed by atoms with van der Waals surface area (Å²) in [5.74, 6) is 0.301. The molecule has 0 heterocycles. The van der Waals surface area contributed by atoms with Crippen molar-refractivity contribution in [2.24, 2.45) is 5.41 Å². The maximum absolute atomic E-state index is 12.4. The molecule has 0 radical (unpaired) electrons. The normalized spacial score (nSPS) is 21.9. The van der Waals surface area contributed by atoms with Gasteiger partial charge in [0.2, 0.25) is 0 Å². The molecular weight excluding hydrogens is 244 g/mol. The summed E-state index contributed by atoms with van der Waals surface area (Å²) in [6.07, 6.45) is 6.14. The van der Waals surface area contributed by atoms with Gasteiger partial charge in [-0.05, 0) is 48.6 Å². The molecule has 2 rings (SSSR count). The van der Waals surface area contributed by atoms with Crippen molar-refractivity contribution in [1.29, 1.82) is 0 Å². The summed E-state index contributed by atoms with van der Waals surface area (Å²) in [5.41, 5.74) is 1.80. The van der Waals surface area contributed by atoms with E-state index >= 15 is 0 Å². The van der Waals surface area contributed by atoms with Gasteiger partial charge in [-0.15, -0.1) is 0 Å². The third-order valence-electron chi connectivity index (χ3n) is 3.62. The van der Waals surface area contributed by atoms with Crippen molar-refractivity contribution in [3.05, 3.63) is 40.4 Å². The highest BCUT2D eigenvalue weighted by atomic mass is 35.5. The van der Waals surface area contributed by atoms with Crippen LogP contribution in [0.25, 0.3) is 6.08 Å². The Kier molecular flexibility index (Phi) is 3.91. The van der Waals surface area contributed by atoms with Crippen LogP contribution < -0.4 is 0 Å². The molecule has 1 aliphatic carbocycles. The predicted molar refractivity (Wildman–Crippen MR) is 76.7 cm³/mol. The lowest BCUT2D eigenvalue weighted by molar-refractivity contribution is -0.123. The first kappa shape index (κ1) is 13.4. The molecule has 0 aromatic heterocycles. The van der Waals surface area contributed by atoms with Crippen molar-refractivity contribution in [1.82, 2.24) is 0 Å². The van der Waals surface area contributed by atoms with Gasteiger partial charge in [0.25, 0.3) is 0 Å². The number of Topliss-reactive ketones (excluding diaryl/α,β-unsaturated/α-hetero) is 1. The summed E-state index contributed by atoms with van der Waals surface area (Å²) >= 11 is 5.87. The van der Waals surface area contributed by atoms with Crippen LogP contribution >= 0.6 is 11.6 Å². The van der Waals surface area contributed by atoms with E-state index in [0.717, 1.165) is 41.8 Å². The molecule has 1 aromatic carbocycles. The average molecular weight is 263 g/mol. The van der Waals surface area contributed by atoms with E-state index in [9.17, 15) is 4.79 Å². The highest BCUT2D eigenvalue weighted by Crippen LogP contribution is 2.34. The average Bonchev–Trinajstić information content (AvgIpc) is 2.45. The van der Waals surface area contributed by atoms with Crippen molar-refractivity contribution in [3.63, 3.8) is 0 Å². The minimum absolute atomic E-state index is 0.214. The fourth-order valence-electron chi connectivity index (χ4n) is 2.44. The maximum atomic E-state index is 12.4. The van der Waals surface area contributed by atoms with E-state index in [-0.39, 0.29) is 5.41 Å². The number of hydrogen-bond donors (Lipinski definition) is 0. The Balaban J connectivity index is 2.30. The number of carbonyl (C=O) groups is 1. The first-order valence-corrected chi connectivity index (χ1v) is 6.88. The van der Waals surface area contributed by atoms with E-state index in [2.05, 4.69) is 13.8 Å². The van der Waals surface area contributed by atoms with Gasteiger partial charge in [-0.3, -0.25) is 4.79 Å². The van der Waals surface area contributed by atoms with Crippen LogP contribution in [0.5, 0.6) is 0 Å². The summed E-state index contributed by atoms with van der Waals surface area (Å²) in [6.45, 7) is 4.10. The summed E-state index contributed by atoms with van der Waals surface area (Å²) in [6, 6.07) is 7.64. The Bertz CT molecular complexity index is 468. The van der Waals surface area contributed by atoms with Crippen LogP contribution in [0.2, 0.25) is 5.02 Å². The van der Waals surface area contributed by atoms with Crippen LogP contribution in [0.4, 0.5) is 0 Å². The van der Waals surface area contributed by atoms with Crippen LogP contribution in [0, 0.1) is 5.41 Å². The molecule has 0 saturated heterocycles. The van der Waals surface area contributed by atoms with Crippen molar-refractivity contribution in [3.8, 4) is 0 Å². The largest absolute Gasteiger partial charge is 0.294 e. The van der Waals surface area contributed by atoms with Gasteiger partial charge >= 0.3 is 0 Å². The number of benzene rings is 1. The number of allylic oxidation sites excluding steroid dienone is 1. The molecule has 0 amide bonds. The molecule has 1 aliphatic rings. The van der Waals surface area contributed by atoms with Gasteiger partial charge in [0.05, 0.1) is 0 Å². The molecule has 2 heteroatoms. The molecule has 96 valence electrons. The van der Waals surface area contributed by atoms with Crippen molar-refractivity contribution >= 4 is 23.5 Å². The molecule has 0 bridgehead atoms. The fraction of sp³-hybridized carbons (Fsp3) is 0.438. The predicted octanol–water partition coefficient (Wildman–Crippen LogP) is 4.89. The van der Waals surface area contributed by atoms with Crippen molar-refractivity contribution in [2.45, 2.75) is 39.5 Å². The third-order valence-corrected chi connectivity index (χ3v) is 3.87. The lowest BCUT2D eigenvalue weighted by Gasteiger charge is -2.21. The van der Waals surface area contributed by atoms with Crippen LogP contribution in [0.15, 0.2) is 29.8 Å². The molecule has 0 atom stereocenters. The first-order chi connectivity index (χ1) is 8.49. The third kappa shape index (κ3) is 3.02. The molecule has 1 fully saturated rings.